The molecule has 1 amide bonds. The van der Waals surface area contributed by atoms with E-state index in [2.05, 4.69) is 5.32 Å². The minimum atomic E-state index is -0.993. The Kier molecular flexibility index (Phi) is 5.20. The van der Waals surface area contributed by atoms with E-state index in [9.17, 15) is 24.1 Å². The van der Waals surface area contributed by atoms with Gasteiger partial charge in [0, 0.05) is 11.8 Å². The molecule has 8 heteroatoms. The highest BCUT2D eigenvalue weighted by Gasteiger charge is 2.21. The summed E-state index contributed by atoms with van der Waals surface area (Å²) in [5.41, 5.74) is -0.0270. The fraction of sp³-hybridized carbons (Fsp3) is 0.125. The molecule has 0 aliphatic rings. The molecule has 7 nitrogen and oxygen atoms in total. The van der Waals surface area contributed by atoms with Gasteiger partial charge in [-0.25, -0.2) is 9.18 Å². The van der Waals surface area contributed by atoms with E-state index in [1.165, 1.54) is 30.3 Å². The Balaban J connectivity index is 1.97. The summed E-state index contributed by atoms with van der Waals surface area (Å²) in [6.07, 6.45) is 0. The molecular formula is C16H13FN2O5. The van der Waals surface area contributed by atoms with Crippen LogP contribution in [0.4, 0.5) is 15.8 Å². The largest absolute Gasteiger partial charge is 0.452 e. The number of halogens is 1. The molecule has 1 N–H and O–H groups in total. The number of nitro groups is 1. The van der Waals surface area contributed by atoms with Gasteiger partial charge in [-0.1, -0.05) is 18.2 Å². The van der Waals surface area contributed by atoms with Gasteiger partial charge in [0.05, 0.1) is 4.92 Å². The van der Waals surface area contributed by atoms with Crippen LogP contribution in [-0.2, 0) is 9.53 Å². The van der Waals surface area contributed by atoms with Crippen molar-refractivity contribution in [2.75, 3.05) is 11.9 Å². The maximum atomic E-state index is 13.4. The van der Waals surface area contributed by atoms with Gasteiger partial charge >= 0.3 is 5.97 Å². The fourth-order valence-electron chi connectivity index (χ4n) is 1.88. The van der Waals surface area contributed by atoms with Crippen molar-refractivity contribution in [3.05, 3.63) is 69.5 Å². The first-order chi connectivity index (χ1) is 11.4. The quantitative estimate of drug-likeness (QED) is 0.516. The number of aryl methyl sites for hydroxylation is 1. The van der Waals surface area contributed by atoms with E-state index in [4.69, 9.17) is 4.74 Å². The molecular weight excluding hydrogens is 319 g/mol. The summed E-state index contributed by atoms with van der Waals surface area (Å²) in [6.45, 7) is 0.926. The summed E-state index contributed by atoms with van der Waals surface area (Å²) >= 11 is 0. The number of hydrogen-bond acceptors (Lipinski definition) is 5. The second kappa shape index (κ2) is 7.32. The Labute approximate surface area is 136 Å². The molecule has 0 aliphatic carbocycles. The lowest BCUT2D eigenvalue weighted by atomic mass is 10.2. The van der Waals surface area contributed by atoms with Gasteiger partial charge in [0.2, 0.25) is 0 Å². The van der Waals surface area contributed by atoms with Crippen molar-refractivity contribution in [1.29, 1.82) is 0 Å². The Morgan fingerprint density at radius 3 is 2.62 bits per heavy atom. The summed E-state index contributed by atoms with van der Waals surface area (Å²) in [4.78, 5) is 33.7. The lowest BCUT2D eigenvalue weighted by Crippen LogP contribution is -2.21. The zero-order valence-electron chi connectivity index (χ0n) is 12.6. The highest BCUT2D eigenvalue weighted by Crippen LogP contribution is 2.18. The summed E-state index contributed by atoms with van der Waals surface area (Å²) in [7, 11) is 0. The van der Waals surface area contributed by atoms with E-state index in [1.807, 2.05) is 0 Å². The van der Waals surface area contributed by atoms with E-state index in [0.717, 1.165) is 12.1 Å². The van der Waals surface area contributed by atoms with Crippen LogP contribution in [0.5, 0.6) is 0 Å². The molecule has 0 bridgehead atoms. The van der Waals surface area contributed by atoms with Crippen LogP contribution in [0, 0.1) is 22.9 Å². The van der Waals surface area contributed by atoms with Crippen LogP contribution < -0.4 is 5.32 Å². The summed E-state index contributed by atoms with van der Waals surface area (Å²) in [5, 5.41) is 13.2. The number of esters is 1. The molecule has 0 aromatic heterocycles. The number of carbonyl (C=O) groups excluding carboxylic acids is 2. The van der Waals surface area contributed by atoms with E-state index in [-0.39, 0.29) is 11.3 Å². The molecule has 0 unspecified atom stereocenters. The Morgan fingerprint density at radius 2 is 1.96 bits per heavy atom. The molecule has 124 valence electrons. The average molecular weight is 332 g/mol. The number of nitro benzene ring substituents is 1. The van der Waals surface area contributed by atoms with E-state index in [1.54, 1.807) is 6.92 Å². The number of anilines is 1. The van der Waals surface area contributed by atoms with Crippen LogP contribution in [-0.4, -0.2) is 23.4 Å². The highest BCUT2D eigenvalue weighted by molar-refractivity contribution is 5.97. The normalized spacial score (nSPS) is 10.1. The van der Waals surface area contributed by atoms with Crippen molar-refractivity contribution in [1.82, 2.24) is 0 Å². The van der Waals surface area contributed by atoms with Crippen molar-refractivity contribution >= 4 is 23.3 Å². The van der Waals surface area contributed by atoms with Crippen LogP contribution in [0.15, 0.2) is 42.5 Å². The standard InChI is InChI=1S/C16H13FN2O5/c1-10-6-7-11(8-13(10)17)18-15(20)9-24-16(21)12-4-2-3-5-14(12)19(22)23/h2-8H,9H2,1H3,(H,18,20). The molecule has 0 saturated carbocycles. The number of nitrogens with zero attached hydrogens (tertiary/aromatic N) is 1. The van der Waals surface area contributed by atoms with Gasteiger partial charge in [-0.2, -0.15) is 0 Å². The third kappa shape index (κ3) is 4.13. The molecule has 0 saturated heterocycles. The molecule has 0 fully saturated rings. The van der Waals surface area contributed by atoms with Crippen LogP contribution >= 0.6 is 0 Å². The lowest BCUT2D eigenvalue weighted by Gasteiger charge is -2.07. The molecule has 2 aromatic carbocycles. The number of benzene rings is 2. The van der Waals surface area contributed by atoms with Gasteiger partial charge in [0.1, 0.15) is 11.4 Å². The molecule has 0 spiro atoms. The SMILES string of the molecule is Cc1ccc(NC(=O)COC(=O)c2ccccc2[N+](=O)[O-])cc1F. The third-order valence-corrected chi connectivity index (χ3v) is 3.11. The Morgan fingerprint density at radius 1 is 1.25 bits per heavy atom. The van der Waals surface area contributed by atoms with Crippen LogP contribution in [0.1, 0.15) is 15.9 Å². The first-order valence-electron chi connectivity index (χ1n) is 6.85. The maximum Gasteiger partial charge on any atom is 0.345 e. The third-order valence-electron chi connectivity index (χ3n) is 3.11. The van der Waals surface area contributed by atoms with Crippen molar-refractivity contribution in [2.45, 2.75) is 6.92 Å². The van der Waals surface area contributed by atoms with Crippen molar-refractivity contribution < 1.29 is 23.6 Å². The van der Waals surface area contributed by atoms with Gasteiger partial charge < -0.3 is 10.1 Å². The number of ether oxygens (including phenoxy) is 1. The van der Waals surface area contributed by atoms with Crippen molar-refractivity contribution in [3.8, 4) is 0 Å². The summed E-state index contributed by atoms with van der Waals surface area (Å²) < 4.78 is 18.1. The number of carbonyl (C=O) groups is 2. The van der Waals surface area contributed by atoms with E-state index < -0.39 is 34.9 Å². The smallest absolute Gasteiger partial charge is 0.345 e. The van der Waals surface area contributed by atoms with Gasteiger partial charge in [-0.05, 0) is 30.7 Å². The monoisotopic (exact) mass is 332 g/mol. The molecule has 0 atom stereocenters. The fourth-order valence-corrected chi connectivity index (χ4v) is 1.88. The summed E-state index contributed by atoms with van der Waals surface area (Å²) in [5.74, 6) is -2.16. The predicted octanol–water partition coefficient (Wildman–Crippen LogP) is 2.84. The molecule has 0 heterocycles. The van der Waals surface area contributed by atoms with Gasteiger partial charge in [0.15, 0.2) is 6.61 Å². The Hall–Kier alpha value is -3.29. The number of rotatable bonds is 5. The van der Waals surface area contributed by atoms with Crippen molar-refractivity contribution in [2.24, 2.45) is 0 Å². The second-order valence-electron chi connectivity index (χ2n) is 4.86. The molecule has 0 aliphatic heterocycles. The number of amides is 1. The Bertz CT molecular complexity index is 807. The zero-order chi connectivity index (χ0) is 17.7. The number of nitrogens with one attached hydrogen (secondary N) is 1. The average Bonchev–Trinajstić information content (AvgIpc) is 2.56. The molecule has 24 heavy (non-hydrogen) atoms. The second-order valence-corrected chi connectivity index (χ2v) is 4.86. The summed E-state index contributed by atoms with van der Waals surface area (Å²) in [6, 6.07) is 9.37. The number of hydrogen-bond donors (Lipinski definition) is 1. The number of para-hydroxylation sites is 1. The van der Waals surface area contributed by atoms with Crippen LogP contribution in [0.25, 0.3) is 0 Å². The highest BCUT2D eigenvalue weighted by atomic mass is 19.1. The zero-order valence-corrected chi connectivity index (χ0v) is 12.6. The van der Waals surface area contributed by atoms with Crippen LogP contribution in [0.3, 0.4) is 0 Å². The maximum absolute atomic E-state index is 13.4. The topological polar surface area (TPSA) is 98.5 Å². The van der Waals surface area contributed by atoms with Crippen molar-refractivity contribution in [3.63, 3.8) is 0 Å². The van der Waals surface area contributed by atoms with Gasteiger partial charge in [0.25, 0.3) is 11.6 Å². The van der Waals surface area contributed by atoms with Gasteiger partial charge in [-0.15, -0.1) is 0 Å². The predicted molar refractivity (Wildman–Crippen MR) is 83.1 cm³/mol. The first kappa shape index (κ1) is 17.1. The molecule has 2 rings (SSSR count). The lowest BCUT2D eigenvalue weighted by molar-refractivity contribution is -0.385. The minimum absolute atomic E-state index is 0.213. The van der Waals surface area contributed by atoms with E-state index >= 15 is 0 Å². The molecule has 2 aromatic rings. The minimum Gasteiger partial charge on any atom is -0.452 e. The van der Waals surface area contributed by atoms with E-state index in [0.29, 0.717) is 5.56 Å². The van der Waals surface area contributed by atoms with Crippen LogP contribution in [0.2, 0.25) is 0 Å². The van der Waals surface area contributed by atoms with Gasteiger partial charge in [-0.3, -0.25) is 14.9 Å². The molecule has 0 radical (unpaired) electrons. The first-order valence-corrected chi connectivity index (χ1v) is 6.85.